The minimum atomic E-state index is 1.20. The second-order valence-corrected chi connectivity index (χ2v) is 7.55. The Balaban J connectivity index is 2.15. The molecule has 0 saturated heterocycles. The second kappa shape index (κ2) is 5.28. The molecule has 0 amide bonds. The van der Waals surface area contributed by atoms with Crippen molar-refractivity contribution in [3.05, 3.63) is 67.8 Å². The average molecular weight is 495 g/mol. The number of aromatic nitrogens is 1. The number of nitrogens with one attached hydrogen (secondary N) is 1. The van der Waals surface area contributed by atoms with Crippen molar-refractivity contribution in [2.24, 2.45) is 0 Å². The zero-order valence-corrected chi connectivity index (χ0v) is 15.3. The molecule has 102 valence electrons. The molecule has 21 heavy (non-hydrogen) atoms. The SMILES string of the molecule is Ic1ccc2[nH]c3c(-c4ccccc4)cc(I)cc3c2c1. The molecular formula is C18H11I2N. The molecule has 0 unspecified atom stereocenters. The van der Waals surface area contributed by atoms with Crippen molar-refractivity contribution in [2.75, 3.05) is 0 Å². The van der Waals surface area contributed by atoms with Gasteiger partial charge in [0.05, 0.1) is 5.52 Å². The summed E-state index contributed by atoms with van der Waals surface area (Å²) in [5, 5.41) is 2.60. The van der Waals surface area contributed by atoms with Crippen LogP contribution in [0, 0.1) is 7.14 Å². The monoisotopic (exact) mass is 495 g/mol. The summed E-state index contributed by atoms with van der Waals surface area (Å²) < 4.78 is 2.53. The molecule has 3 aromatic carbocycles. The van der Waals surface area contributed by atoms with Gasteiger partial charge in [0.1, 0.15) is 0 Å². The molecule has 0 aliphatic carbocycles. The molecule has 0 aliphatic heterocycles. The quantitative estimate of drug-likeness (QED) is 0.303. The highest BCUT2D eigenvalue weighted by Gasteiger charge is 2.11. The van der Waals surface area contributed by atoms with Crippen LogP contribution in [0.2, 0.25) is 0 Å². The fourth-order valence-electron chi connectivity index (χ4n) is 2.78. The molecule has 1 aromatic heterocycles. The number of aromatic amines is 1. The summed E-state index contributed by atoms with van der Waals surface area (Å²) in [6, 6.07) is 21.6. The van der Waals surface area contributed by atoms with Gasteiger partial charge in [0.2, 0.25) is 0 Å². The first kappa shape index (κ1) is 13.6. The van der Waals surface area contributed by atoms with E-state index in [9.17, 15) is 0 Å². The van der Waals surface area contributed by atoms with E-state index in [0.29, 0.717) is 0 Å². The van der Waals surface area contributed by atoms with Crippen molar-refractivity contribution < 1.29 is 0 Å². The number of rotatable bonds is 1. The van der Waals surface area contributed by atoms with E-state index in [1.54, 1.807) is 0 Å². The van der Waals surface area contributed by atoms with Crippen molar-refractivity contribution in [3.8, 4) is 11.1 Å². The van der Waals surface area contributed by atoms with Crippen molar-refractivity contribution >= 4 is 67.0 Å². The zero-order valence-electron chi connectivity index (χ0n) is 11.0. The molecule has 4 aromatic rings. The van der Waals surface area contributed by atoms with Crippen molar-refractivity contribution in [3.63, 3.8) is 0 Å². The third-order valence-corrected chi connectivity index (χ3v) is 5.01. The lowest BCUT2D eigenvalue weighted by Gasteiger charge is -2.05. The normalized spacial score (nSPS) is 11.3. The Morgan fingerprint density at radius 3 is 2.29 bits per heavy atom. The summed E-state index contributed by atoms with van der Waals surface area (Å²) in [6.07, 6.45) is 0. The second-order valence-electron chi connectivity index (χ2n) is 5.06. The summed E-state index contributed by atoms with van der Waals surface area (Å²) in [4.78, 5) is 3.59. The molecule has 4 rings (SSSR count). The van der Waals surface area contributed by atoms with Crippen LogP contribution in [0.1, 0.15) is 0 Å². The van der Waals surface area contributed by atoms with Gasteiger partial charge >= 0.3 is 0 Å². The van der Waals surface area contributed by atoms with Crippen LogP contribution in [0.25, 0.3) is 32.9 Å². The number of benzene rings is 3. The Morgan fingerprint density at radius 2 is 1.48 bits per heavy atom. The maximum Gasteiger partial charge on any atom is 0.0545 e. The maximum absolute atomic E-state index is 3.59. The third-order valence-electron chi connectivity index (χ3n) is 3.72. The summed E-state index contributed by atoms with van der Waals surface area (Å²) in [7, 11) is 0. The standard InChI is InChI=1S/C18H11I2N/c19-12-6-7-17-15(8-12)16-10-13(20)9-14(18(16)21-17)11-4-2-1-3-5-11/h1-10,21H. The molecule has 0 saturated carbocycles. The predicted molar refractivity (Wildman–Crippen MR) is 107 cm³/mol. The Kier molecular flexibility index (Phi) is 3.41. The van der Waals surface area contributed by atoms with Gasteiger partial charge in [-0.05, 0) is 81.1 Å². The van der Waals surface area contributed by atoms with Crippen molar-refractivity contribution in [2.45, 2.75) is 0 Å². The van der Waals surface area contributed by atoms with Gasteiger partial charge in [-0.25, -0.2) is 0 Å². The van der Waals surface area contributed by atoms with E-state index >= 15 is 0 Å². The van der Waals surface area contributed by atoms with Gasteiger partial charge in [0.25, 0.3) is 0 Å². The van der Waals surface area contributed by atoms with Gasteiger partial charge in [-0.2, -0.15) is 0 Å². The number of halogens is 2. The molecule has 3 heteroatoms. The fraction of sp³-hybridized carbons (Fsp3) is 0. The smallest absolute Gasteiger partial charge is 0.0545 e. The minimum Gasteiger partial charge on any atom is -0.354 e. The molecule has 1 heterocycles. The highest BCUT2D eigenvalue weighted by Crippen LogP contribution is 2.35. The maximum atomic E-state index is 3.59. The minimum absolute atomic E-state index is 1.20. The molecule has 0 atom stereocenters. The Labute approximate surface area is 150 Å². The largest absolute Gasteiger partial charge is 0.354 e. The first-order valence-corrected chi connectivity index (χ1v) is 8.84. The van der Waals surface area contributed by atoms with E-state index in [4.69, 9.17) is 0 Å². The molecule has 1 nitrogen and oxygen atoms in total. The molecule has 0 aliphatic rings. The fourth-order valence-corrected chi connectivity index (χ4v) is 3.90. The lowest BCUT2D eigenvalue weighted by molar-refractivity contribution is 1.52. The molecule has 0 spiro atoms. The molecule has 0 bridgehead atoms. The Morgan fingerprint density at radius 1 is 0.714 bits per heavy atom. The van der Waals surface area contributed by atoms with E-state index in [0.717, 1.165) is 0 Å². The van der Waals surface area contributed by atoms with Crippen LogP contribution in [0.3, 0.4) is 0 Å². The molecule has 0 fully saturated rings. The first-order chi connectivity index (χ1) is 10.2. The van der Waals surface area contributed by atoms with Crippen LogP contribution in [-0.4, -0.2) is 4.98 Å². The van der Waals surface area contributed by atoms with E-state index in [1.807, 2.05) is 0 Å². The van der Waals surface area contributed by atoms with Crippen LogP contribution >= 0.6 is 45.2 Å². The summed E-state index contributed by atoms with van der Waals surface area (Å²) in [5.41, 5.74) is 4.94. The summed E-state index contributed by atoms with van der Waals surface area (Å²) in [5.74, 6) is 0. The average Bonchev–Trinajstić information content (AvgIpc) is 2.85. The third kappa shape index (κ3) is 2.36. The van der Waals surface area contributed by atoms with Crippen LogP contribution in [0.15, 0.2) is 60.7 Å². The van der Waals surface area contributed by atoms with Crippen LogP contribution in [-0.2, 0) is 0 Å². The lowest BCUT2D eigenvalue weighted by Crippen LogP contribution is -1.82. The van der Waals surface area contributed by atoms with Gasteiger partial charge in [-0.15, -0.1) is 0 Å². The molecular weight excluding hydrogens is 484 g/mol. The number of H-pyrrole nitrogens is 1. The van der Waals surface area contributed by atoms with E-state index in [-0.39, 0.29) is 0 Å². The topological polar surface area (TPSA) is 15.8 Å². The van der Waals surface area contributed by atoms with Crippen molar-refractivity contribution in [1.82, 2.24) is 4.98 Å². The number of hydrogen-bond donors (Lipinski definition) is 1. The Hall–Kier alpha value is -1.08. The summed E-state index contributed by atoms with van der Waals surface area (Å²) >= 11 is 4.77. The van der Waals surface area contributed by atoms with Gasteiger partial charge in [0, 0.05) is 29.0 Å². The lowest BCUT2D eigenvalue weighted by atomic mass is 10.0. The predicted octanol–water partition coefficient (Wildman–Crippen LogP) is 6.20. The molecule has 1 N–H and O–H groups in total. The van der Waals surface area contributed by atoms with Gasteiger partial charge in [-0.1, -0.05) is 30.3 Å². The zero-order chi connectivity index (χ0) is 14.4. The number of fused-ring (bicyclic) bond motifs is 3. The van der Waals surface area contributed by atoms with E-state index in [2.05, 4.69) is 111 Å². The van der Waals surface area contributed by atoms with Crippen LogP contribution in [0.5, 0.6) is 0 Å². The van der Waals surface area contributed by atoms with E-state index < -0.39 is 0 Å². The molecule has 0 radical (unpaired) electrons. The highest BCUT2D eigenvalue weighted by molar-refractivity contribution is 14.1. The summed E-state index contributed by atoms with van der Waals surface area (Å²) in [6.45, 7) is 0. The van der Waals surface area contributed by atoms with Gasteiger partial charge in [0.15, 0.2) is 0 Å². The van der Waals surface area contributed by atoms with Gasteiger partial charge in [-0.3, -0.25) is 0 Å². The first-order valence-electron chi connectivity index (χ1n) is 6.68. The van der Waals surface area contributed by atoms with Crippen LogP contribution in [0.4, 0.5) is 0 Å². The van der Waals surface area contributed by atoms with Gasteiger partial charge < -0.3 is 4.98 Å². The van der Waals surface area contributed by atoms with E-state index in [1.165, 1.54) is 40.1 Å². The Bertz CT molecular complexity index is 955. The van der Waals surface area contributed by atoms with Crippen molar-refractivity contribution in [1.29, 1.82) is 0 Å². The number of hydrogen-bond acceptors (Lipinski definition) is 0. The highest BCUT2D eigenvalue weighted by atomic mass is 127. The van der Waals surface area contributed by atoms with Crippen LogP contribution < -0.4 is 0 Å².